The monoisotopic (exact) mass is 190 g/mol. The molecule has 0 spiro atoms. The van der Waals surface area contributed by atoms with Crippen molar-refractivity contribution in [1.82, 2.24) is 0 Å². The summed E-state index contributed by atoms with van der Waals surface area (Å²) in [5.74, 6) is 6.44. The molecule has 6 rings (SSSR count). The molecule has 6 aliphatic rings. The zero-order chi connectivity index (χ0) is 9.40. The molecule has 0 N–H and O–H groups in total. The van der Waals surface area contributed by atoms with Crippen LogP contribution in [0.4, 0.5) is 0 Å². The summed E-state index contributed by atoms with van der Waals surface area (Å²) < 4.78 is 5.52. The van der Waals surface area contributed by atoms with Crippen LogP contribution in [0.3, 0.4) is 0 Å². The van der Waals surface area contributed by atoms with Crippen LogP contribution >= 0.6 is 0 Å². The van der Waals surface area contributed by atoms with E-state index in [9.17, 15) is 4.79 Å². The maximum absolute atomic E-state index is 11.0. The fourth-order valence-electron chi connectivity index (χ4n) is 6.76. The lowest BCUT2D eigenvalue weighted by Crippen LogP contribution is -2.87. The number of hydrogen-bond donors (Lipinski definition) is 0. The van der Waals surface area contributed by atoms with Crippen molar-refractivity contribution in [2.24, 2.45) is 46.8 Å². The summed E-state index contributed by atoms with van der Waals surface area (Å²) in [5, 5.41) is 0. The number of carbonyl (C=O) groups is 1. The lowest BCUT2D eigenvalue weighted by atomic mass is 9.14. The minimum absolute atomic E-state index is 0.0623. The normalized spacial score (nSPS) is 77.9. The Bertz CT molecular complexity index is 368. The smallest absolute Gasteiger partial charge is 0.302 e. The van der Waals surface area contributed by atoms with Gasteiger partial charge in [0.05, 0.1) is 0 Å². The Labute approximate surface area is 83.0 Å². The molecule has 0 amide bonds. The minimum atomic E-state index is -0.0623. The molecule has 74 valence electrons. The van der Waals surface area contributed by atoms with Gasteiger partial charge in [0.1, 0.15) is 6.10 Å². The number of esters is 1. The second kappa shape index (κ2) is 1.46. The molecule has 0 aromatic rings. The van der Waals surface area contributed by atoms with E-state index in [-0.39, 0.29) is 5.97 Å². The number of carbonyl (C=O) groups excluding carboxylic acids is 1. The van der Waals surface area contributed by atoms with Gasteiger partial charge in [-0.3, -0.25) is 4.79 Å². The quantitative estimate of drug-likeness (QED) is 0.583. The van der Waals surface area contributed by atoms with Crippen molar-refractivity contribution in [2.75, 3.05) is 0 Å². The molecular formula is C12H14O2. The number of ether oxygens (including phenoxy) is 1. The van der Waals surface area contributed by atoms with Gasteiger partial charge < -0.3 is 4.74 Å². The predicted molar refractivity (Wildman–Crippen MR) is 48.1 cm³/mol. The van der Waals surface area contributed by atoms with Crippen LogP contribution in [0.25, 0.3) is 0 Å². The standard InChI is InChI=1S/C12H14O2/c1-3(13)14-11-4-5-8-6(4)10-7(11)9(5)12(8,10)2/h4-11H,1-2H3/t4?,5-,6+,7?,8?,9-,10-,11-,12?/m1/s1. The van der Waals surface area contributed by atoms with Gasteiger partial charge in [-0.1, -0.05) is 6.92 Å². The Hall–Kier alpha value is -0.530. The van der Waals surface area contributed by atoms with E-state index >= 15 is 0 Å². The van der Waals surface area contributed by atoms with E-state index in [0.717, 1.165) is 46.8 Å². The lowest BCUT2D eigenvalue weighted by molar-refractivity contribution is -0.440. The van der Waals surface area contributed by atoms with Gasteiger partial charge in [-0.2, -0.15) is 0 Å². The van der Waals surface area contributed by atoms with Crippen LogP contribution in [0.2, 0.25) is 0 Å². The fraction of sp³-hybridized carbons (Fsp3) is 0.917. The maximum atomic E-state index is 11.0. The van der Waals surface area contributed by atoms with Gasteiger partial charge in [-0.15, -0.1) is 0 Å². The zero-order valence-electron chi connectivity index (χ0n) is 8.44. The molecule has 2 bridgehead atoms. The van der Waals surface area contributed by atoms with E-state index < -0.39 is 0 Å². The second-order valence-electron chi connectivity index (χ2n) is 6.33. The summed E-state index contributed by atoms with van der Waals surface area (Å²) in [6.45, 7) is 4.03. The van der Waals surface area contributed by atoms with Gasteiger partial charge in [0.25, 0.3) is 0 Å². The van der Waals surface area contributed by atoms with E-state index in [1.807, 2.05) is 0 Å². The van der Waals surface area contributed by atoms with Crippen LogP contribution in [0.5, 0.6) is 0 Å². The Morgan fingerprint density at radius 2 is 1.64 bits per heavy atom. The number of rotatable bonds is 1. The van der Waals surface area contributed by atoms with Crippen molar-refractivity contribution >= 4 is 5.97 Å². The first-order valence-electron chi connectivity index (χ1n) is 5.84. The SMILES string of the molecule is CC(=O)O[C@@H]1C2[C@@H]3C4[C@H]2[C@@H]2C1[C@@H]3C42C. The third-order valence-corrected chi connectivity index (χ3v) is 6.59. The molecule has 0 saturated heterocycles. The van der Waals surface area contributed by atoms with Crippen molar-refractivity contribution in [3.63, 3.8) is 0 Å². The highest BCUT2D eigenvalue weighted by Crippen LogP contribution is 2.99. The van der Waals surface area contributed by atoms with Crippen LogP contribution in [-0.4, -0.2) is 12.1 Å². The Balaban J connectivity index is 1.57. The molecule has 6 saturated carbocycles. The maximum Gasteiger partial charge on any atom is 0.302 e. The fourth-order valence-corrected chi connectivity index (χ4v) is 6.76. The highest BCUT2D eigenvalue weighted by Gasteiger charge is 2.99. The van der Waals surface area contributed by atoms with Crippen molar-refractivity contribution in [3.05, 3.63) is 0 Å². The van der Waals surface area contributed by atoms with E-state index in [0.29, 0.717) is 6.10 Å². The lowest BCUT2D eigenvalue weighted by Gasteiger charge is -2.90. The summed E-state index contributed by atoms with van der Waals surface area (Å²) in [6, 6.07) is 0. The summed E-state index contributed by atoms with van der Waals surface area (Å²) in [4.78, 5) is 11.0. The van der Waals surface area contributed by atoms with E-state index in [2.05, 4.69) is 6.92 Å². The molecule has 0 aromatic carbocycles. The molecule has 6 fully saturated rings. The molecule has 0 heterocycles. The van der Waals surface area contributed by atoms with Gasteiger partial charge in [0.15, 0.2) is 0 Å². The molecule has 4 unspecified atom stereocenters. The van der Waals surface area contributed by atoms with Crippen molar-refractivity contribution < 1.29 is 9.53 Å². The average molecular weight is 190 g/mol. The summed E-state index contributed by atoms with van der Waals surface area (Å²) in [5.41, 5.74) is 0.728. The average Bonchev–Trinajstić information content (AvgIpc) is 2.30. The molecule has 9 atom stereocenters. The molecule has 2 heteroatoms. The summed E-state index contributed by atoms with van der Waals surface area (Å²) in [6.07, 6.45) is 0.337. The Morgan fingerprint density at radius 3 is 2.14 bits per heavy atom. The molecule has 0 aliphatic heterocycles. The Kier molecular flexibility index (Phi) is 0.718. The molecule has 0 radical (unpaired) electrons. The summed E-state index contributed by atoms with van der Waals surface area (Å²) in [7, 11) is 0. The highest BCUT2D eigenvalue weighted by molar-refractivity contribution is 5.66. The van der Waals surface area contributed by atoms with Gasteiger partial charge in [0, 0.05) is 18.8 Å². The van der Waals surface area contributed by atoms with Crippen LogP contribution in [0.15, 0.2) is 0 Å². The third kappa shape index (κ3) is 0.333. The highest BCUT2D eigenvalue weighted by atomic mass is 16.5. The first kappa shape index (κ1) is 6.86. The van der Waals surface area contributed by atoms with E-state index in [1.54, 1.807) is 6.92 Å². The van der Waals surface area contributed by atoms with Crippen LogP contribution in [-0.2, 0) is 9.53 Å². The Morgan fingerprint density at radius 1 is 1.07 bits per heavy atom. The number of hydrogen-bond acceptors (Lipinski definition) is 2. The molecule has 0 aromatic heterocycles. The zero-order valence-corrected chi connectivity index (χ0v) is 8.44. The first-order chi connectivity index (χ1) is 6.67. The van der Waals surface area contributed by atoms with Gasteiger partial charge >= 0.3 is 5.97 Å². The molecule has 14 heavy (non-hydrogen) atoms. The summed E-state index contributed by atoms with van der Waals surface area (Å²) >= 11 is 0. The van der Waals surface area contributed by atoms with Gasteiger partial charge in [0.2, 0.25) is 0 Å². The van der Waals surface area contributed by atoms with E-state index in [4.69, 9.17) is 4.74 Å². The van der Waals surface area contributed by atoms with Crippen molar-refractivity contribution in [3.8, 4) is 0 Å². The minimum Gasteiger partial charge on any atom is -0.462 e. The molecule has 2 nitrogen and oxygen atoms in total. The van der Waals surface area contributed by atoms with Gasteiger partial charge in [-0.05, 0) is 35.0 Å². The van der Waals surface area contributed by atoms with Crippen molar-refractivity contribution in [1.29, 1.82) is 0 Å². The largest absolute Gasteiger partial charge is 0.462 e. The second-order valence-corrected chi connectivity index (χ2v) is 6.33. The van der Waals surface area contributed by atoms with E-state index in [1.165, 1.54) is 0 Å². The van der Waals surface area contributed by atoms with Crippen LogP contribution in [0.1, 0.15) is 13.8 Å². The van der Waals surface area contributed by atoms with Gasteiger partial charge in [-0.25, -0.2) is 0 Å². The molecular weight excluding hydrogens is 176 g/mol. The third-order valence-electron chi connectivity index (χ3n) is 6.59. The first-order valence-corrected chi connectivity index (χ1v) is 5.84. The van der Waals surface area contributed by atoms with Crippen LogP contribution in [0, 0.1) is 46.8 Å². The van der Waals surface area contributed by atoms with Crippen molar-refractivity contribution in [2.45, 2.75) is 20.0 Å². The predicted octanol–water partition coefficient (Wildman–Crippen LogP) is 1.31. The molecule has 6 aliphatic carbocycles. The van der Waals surface area contributed by atoms with Crippen LogP contribution < -0.4 is 0 Å². The topological polar surface area (TPSA) is 26.3 Å².